The lowest BCUT2D eigenvalue weighted by Gasteiger charge is -2.23. The number of nitrogens with zero attached hydrogens (tertiary/aromatic N) is 4. The number of ether oxygens (including phenoxy) is 2. The lowest BCUT2D eigenvalue weighted by Crippen LogP contribution is -2.31. The van der Waals surface area contributed by atoms with E-state index in [1.165, 1.54) is 39.9 Å². The monoisotopic (exact) mass is 586 g/mol. The molecule has 0 saturated carbocycles. The number of hydrogen-bond donors (Lipinski definition) is 0. The molecule has 0 unspecified atom stereocenters. The van der Waals surface area contributed by atoms with Gasteiger partial charge in [0.1, 0.15) is 13.2 Å². The smallest absolute Gasteiger partial charge is 0.264 e. The van der Waals surface area contributed by atoms with Crippen LogP contribution in [0.5, 0.6) is 11.5 Å². The minimum atomic E-state index is -3.83. The van der Waals surface area contributed by atoms with E-state index in [0.29, 0.717) is 46.6 Å². The molecule has 0 spiro atoms. The lowest BCUT2D eigenvalue weighted by atomic mass is 10.2. The van der Waals surface area contributed by atoms with Gasteiger partial charge < -0.3 is 9.47 Å². The van der Waals surface area contributed by atoms with Crippen LogP contribution in [0, 0.1) is 0 Å². The zero-order chi connectivity index (χ0) is 28.4. The number of benzene rings is 3. The summed E-state index contributed by atoms with van der Waals surface area (Å²) in [6.07, 6.45) is 3.37. The van der Waals surface area contributed by atoms with Crippen molar-refractivity contribution in [2.75, 3.05) is 29.0 Å². The quantitative estimate of drug-likeness (QED) is 0.236. The molecule has 1 aliphatic rings. The predicted octanol–water partition coefficient (Wildman–Crippen LogP) is 5.52. The number of carbonyl (C=O) groups excluding carboxylic acids is 1. The fourth-order valence-electron chi connectivity index (χ4n) is 4.61. The third kappa shape index (κ3) is 5.33. The van der Waals surface area contributed by atoms with Gasteiger partial charge in [0.15, 0.2) is 16.6 Å². The molecule has 9 nitrogen and oxygen atoms in total. The molecular formula is C30H26N4O5S2. The van der Waals surface area contributed by atoms with Crippen LogP contribution in [-0.2, 0) is 16.6 Å². The Morgan fingerprint density at radius 2 is 1.68 bits per heavy atom. The van der Waals surface area contributed by atoms with Crippen LogP contribution in [-0.4, -0.2) is 44.1 Å². The number of thiazole rings is 1. The molecule has 0 atom stereocenters. The number of carbonyl (C=O) groups is 1. The summed E-state index contributed by atoms with van der Waals surface area (Å²) >= 11 is 1.37. The van der Waals surface area contributed by atoms with E-state index < -0.39 is 10.0 Å². The second-order valence-corrected chi connectivity index (χ2v) is 12.1. The molecular weight excluding hydrogens is 560 g/mol. The van der Waals surface area contributed by atoms with Gasteiger partial charge in [0.2, 0.25) is 0 Å². The maximum Gasteiger partial charge on any atom is 0.264 e. The third-order valence-electron chi connectivity index (χ3n) is 6.60. The Morgan fingerprint density at radius 1 is 0.951 bits per heavy atom. The second-order valence-electron chi connectivity index (χ2n) is 9.24. The Bertz CT molecular complexity index is 1750. The van der Waals surface area contributed by atoms with Crippen LogP contribution in [0.15, 0.2) is 96.2 Å². The number of hydrogen-bond acceptors (Lipinski definition) is 8. The van der Waals surface area contributed by atoms with E-state index in [2.05, 4.69) is 4.98 Å². The number of pyridine rings is 1. The minimum Gasteiger partial charge on any atom is -0.486 e. The van der Waals surface area contributed by atoms with Gasteiger partial charge in [-0.05, 0) is 55.0 Å². The maximum absolute atomic E-state index is 13.9. The number of aromatic nitrogens is 2. The van der Waals surface area contributed by atoms with Gasteiger partial charge in [-0.2, -0.15) is 0 Å². The van der Waals surface area contributed by atoms with Crippen molar-refractivity contribution in [1.29, 1.82) is 0 Å². The summed E-state index contributed by atoms with van der Waals surface area (Å²) in [4.78, 5) is 24.5. The summed E-state index contributed by atoms with van der Waals surface area (Å²) in [5.41, 5.74) is 2.43. The van der Waals surface area contributed by atoms with Crippen LogP contribution < -0.4 is 18.7 Å². The highest BCUT2D eigenvalue weighted by atomic mass is 32.2. The Kier molecular flexibility index (Phi) is 7.29. The molecule has 11 heteroatoms. The van der Waals surface area contributed by atoms with E-state index >= 15 is 0 Å². The van der Waals surface area contributed by atoms with E-state index in [4.69, 9.17) is 14.5 Å². The molecule has 0 N–H and O–H groups in total. The third-order valence-corrected chi connectivity index (χ3v) is 9.56. The van der Waals surface area contributed by atoms with Crippen molar-refractivity contribution in [2.24, 2.45) is 0 Å². The second kappa shape index (κ2) is 11.2. The first-order chi connectivity index (χ1) is 19.9. The molecule has 41 heavy (non-hydrogen) atoms. The van der Waals surface area contributed by atoms with Crippen molar-refractivity contribution in [3.63, 3.8) is 0 Å². The first kappa shape index (κ1) is 26.7. The van der Waals surface area contributed by atoms with Gasteiger partial charge in [0.05, 0.1) is 27.3 Å². The molecule has 0 radical (unpaired) electrons. The Morgan fingerprint density at radius 3 is 2.37 bits per heavy atom. The van der Waals surface area contributed by atoms with Crippen LogP contribution in [0.2, 0.25) is 0 Å². The molecule has 3 aromatic carbocycles. The number of rotatable bonds is 8. The van der Waals surface area contributed by atoms with Gasteiger partial charge in [-0.1, -0.05) is 35.6 Å². The molecule has 0 aliphatic carbocycles. The first-order valence-electron chi connectivity index (χ1n) is 13.0. The maximum atomic E-state index is 13.9. The van der Waals surface area contributed by atoms with Crippen molar-refractivity contribution in [2.45, 2.75) is 18.4 Å². The fourth-order valence-corrected chi connectivity index (χ4v) is 7.05. The Hall–Kier alpha value is -4.48. The van der Waals surface area contributed by atoms with E-state index in [0.717, 1.165) is 10.3 Å². The highest BCUT2D eigenvalue weighted by molar-refractivity contribution is 7.92. The number of para-hydroxylation sites is 1. The molecule has 2 aromatic heterocycles. The van der Waals surface area contributed by atoms with Crippen LogP contribution in [0.4, 0.5) is 10.8 Å². The van der Waals surface area contributed by atoms with E-state index in [9.17, 15) is 13.2 Å². The van der Waals surface area contributed by atoms with Crippen molar-refractivity contribution >= 4 is 48.3 Å². The summed E-state index contributed by atoms with van der Waals surface area (Å²) in [5.74, 6) is 0.959. The van der Waals surface area contributed by atoms with Crippen molar-refractivity contribution in [3.8, 4) is 11.5 Å². The number of sulfonamides is 1. The highest BCUT2D eigenvalue weighted by Crippen LogP contribution is 2.39. The van der Waals surface area contributed by atoms with Crippen LogP contribution >= 0.6 is 11.3 Å². The normalized spacial score (nSPS) is 12.7. The molecule has 1 amide bonds. The first-order valence-corrected chi connectivity index (χ1v) is 15.3. The molecule has 5 aromatic rings. The van der Waals surface area contributed by atoms with Gasteiger partial charge in [-0.15, -0.1) is 0 Å². The molecule has 0 saturated heterocycles. The van der Waals surface area contributed by atoms with Crippen LogP contribution in [0.1, 0.15) is 22.8 Å². The molecule has 3 heterocycles. The van der Waals surface area contributed by atoms with Crippen LogP contribution in [0.25, 0.3) is 10.2 Å². The van der Waals surface area contributed by atoms with Gasteiger partial charge >= 0.3 is 0 Å². The van der Waals surface area contributed by atoms with Gasteiger partial charge in [-0.3, -0.25) is 19.0 Å². The lowest BCUT2D eigenvalue weighted by molar-refractivity contribution is 0.0985. The molecule has 0 fully saturated rings. The summed E-state index contributed by atoms with van der Waals surface area (Å²) in [6, 6.07) is 22.3. The van der Waals surface area contributed by atoms with E-state index in [1.807, 2.05) is 30.3 Å². The number of fused-ring (bicyclic) bond motifs is 2. The van der Waals surface area contributed by atoms with Crippen molar-refractivity contribution in [1.82, 2.24) is 9.97 Å². The van der Waals surface area contributed by atoms with Gasteiger partial charge in [0, 0.05) is 36.6 Å². The molecule has 1 aliphatic heterocycles. The summed E-state index contributed by atoms with van der Waals surface area (Å²) in [5, 5.41) is 0.495. The molecule has 0 bridgehead atoms. The van der Waals surface area contributed by atoms with E-state index in [-0.39, 0.29) is 23.9 Å². The summed E-state index contributed by atoms with van der Waals surface area (Å²) in [7, 11) is -3.83. The number of anilines is 2. The predicted molar refractivity (Wildman–Crippen MR) is 158 cm³/mol. The average molecular weight is 587 g/mol. The summed E-state index contributed by atoms with van der Waals surface area (Å²) in [6.45, 7) is 3.22. The fraction of sp³-hybridized carbons (Fsp3) is 0.167. The Labute approximate surface area is 241 Å². The average Bonchev–Trinajstić information content (AvgIpc) is 3.42. The minimum absolute atomic E-state index is 0.101. The molecule has 6 rings (SSSR count). The largest absolute Gasteiger partial charge is 0.486 e. The molecule has 208 valence electrons. The summed E-state index contributed by atoms with van der Waals surface area (Å²) < 4.78 is 40.5. The topological polar surface area (TPSA) is 102 Å². The van der Waals surface area contributed by atoms with E-state index in [1.54, 1.807) is 48.5 Å². The number of amides is 1. The highest BCUT2D eigenvalue weighted by Gasteiger charge is 2.26. The Balaban J connectivity index is 1.33. The SMILES string of the molecule is CCN(c1ccccc1)S(=O)(=O)c1ccc(C(=O)N(Cc2cccnc2)c2nc3cc4c(cc3s2)OCCO4)cc1. The van der Waals surface area contributed by atoms with Crippen molar-refractivity contribution < 1.29 is 22.7 Å². The van der Waals surface area contributed by atoms with Gasteiger partial charge in [-0.25, -0.2) is 13.4 Å². The standard InChI is InChI=1S/C30H26N4O5S2/c1-2-34(23-8-4-3-5-9-23)41(36,37)24-12-10-22(11-13-24)29(35)33(20-21-7-6-14-31-19-21)30-32-25-17-26-27(18-28(25)40-30)39-16-15-38-26/h3-14,17-19H,2,15-16,20H2,1H3. The van der Waals surface area contributed by atoms with Crippen LogP contribution in [0.3, 0.4) is 0 Å². The van der Waals surface area contributed by atoms with Crippen molar-refractivity contribution in [3.05, 3.63) is 102 Å². The van der Waals surface area contributed by atoms with Gasteiger partial charge in [0.25, 0.3) is 15.9 Å². The zero-order valence-electron chi connectivity index (χ0n) is 22.1. The zero-order valence-corrected chi connectivity index (χ0v) is 23.8.